The van der Waals surface area contributed by atoms with Gasteiger partial charge in [0.25, 0.3) is 0 Å². The van der Waals surface area contributed by atoms with Crippen LogP contribution in [0.3, 0.4) is 0 Å². The van der Waals surface area contributed by atoms with Crippen LogP contribution in [0, 0.1) is 5.21 Å². The number of tetrazole rings is 1. The van der Waals surface area contributed by atoms with Gasteiger partial charge in [-0.1, -0.05) is 11.6 Å². The standard InChI is InChI=1S/C23H16ClN7O4/c24-15-2-4-19(30-11-25-28-29-30)16(9-15)14-7-12-5-6-23(34,20(12)31(35)10-14)22-26-17-3-1-13(21(32)33)8-18(17)27-22/h1-4,7-11,34H,5-6H2,(H,26,27)(H,32,33). The van der Waals surface area contributed by atoms with E-state index in [0.717, 1.165) is 0 Å². The summed E-state index contributed by atoms with van der Waals surface area (Å²) in [4.78, 5) is 18.8. The molecule has 0 aliphatic heterocycles. The Balaban J connectivity index is 1.47. The van der Waals surface area contributed by atoms with E-state index in [0.29, 0.717) is 49.6 Å². The number of nitrogens with one attached hydrogen (secondary N) is 1. The number of halogens is 1. The van der Waals surface area contributed by atoms with E-state index >= 15 is 0 Å². The zero-order chi connectivity index (χ0) is 24.3. The van der Waals surface area contributed by atoms with Crippen LogP contribution in [0.25, 0.3) is 27.8 Å². The second-order valence-corrected chi connectivity index (χ2v) is 8.76. The molecule has 0 spiro atoms. The average Bonchev–Trinajstić information content (AvgIpc) is 3.58. The summed E-state index contributed by atoms with van der Waals surface area (Å²) < 4.78 is 2.13. The minimum absolute atomic E-state index is 0.0925. The van der Waals surface area contributed by atoms with Gasteiger partial charge < -0.3 is 20.4 Å². The van der Waals surface area contributed by atoms with Crippen LogP contribution in [-0.4, -0.2) is 46.4 Å². The van der Waals surface area contributed by atoms with Gasteiger partial charge in [-0.05, 0) is 65.7 Å². The molecule has 0 radical (unpaired) electrons. The van der Waals surface area contributed by atoms with Crippen molar-refractivity contribution in [2.75, 3.05) is 0 Å². The van der Waals surface area contributed by atoms with E-state index in [2.05, 4.69) is 25.5 Å². The third kappa shape index (κ3) is 3.32. The van der Waals surface area contributed by atoms with Gasteiger partial charge in [0, 0.05) is 21.7 Å². The Labute approximate surface area is 201 Å². The number of rotatable bonds is 4. The summed E-state index contributed by atoms with van der Waals surface area (Å²) in [6, 6.07) is 11.5. The van der Waals surface area contributed by atoms with Crippen molar-refractivity contribution in [1.82, 2.24) is 30.2 Å². The number of fused-ring (bicyclic) bond motifs is 2. The van der Waals surface area contributed by atoms with Gasteiger partial charge >= 0.3 is 5.97 Å². The Morgan fingerprint density at radius 2 is 2.09 bits per heavy atom. The Hall–Kier alpha value is -4.35. The fourth-order valence-electron chi connectivity index (χ4n) is 4.63. The summed E-state index contributed by atoms with van der Waals surface area (Å²) >= 11 is 6.24. The molecule has 1 unspecified atom stereocenters. The summed E-state index contributed by atoms with van der Waals surface area (Å²) in [7, 11) is 0. The number of nitrogens with zero attached hydrogens (tertiary/aromatic N) is 6. The Morgan fingerprint density at radius 1 is 1.23 bits per heavy atom. The van der Waals surface area contributed by atoms with Gasteiger partial charge in [-0.3, -0.25) is 0 Å². The van der Waals surface area contributed by atoms with Gasteiger partial charge in [-0.2, -0.15) is 9.41 Å². The smallest absolute Gasteiger partial charge is 0.335 e. The number of H-pyrrole nitrogens is 1. The lowest BCUT2D eigenvalue weighted by molar-refractivity contribution is -0.620. The summed E-state index contributed by atoms with van der Waals surface area (Å²) in [6.07, 6.45) is 3.48. The largest absolute Gasteiger partial charge is 0.618 e. The lowest BCUT2D eigenvalue weighted by Crippen LogP contribution is -2.42. The van der Waals surface area contributed by atoms with Gasteiger partial charge in [0.05, 0.1) is 22.3 Å². The van der Waals surface area contributed by atoms with Crippen LogP contribution in [0.1, 0.15) is 33.9 Å². The fraction of sp³-hybridized carbons (Fsp3) is 0.130. The Morgan fingerprint density at radius 3 is 2.86 bits per heavy atom. The molecule has 3 heterocycles. The van der Waals surface area contributed by atoms with Crippen molar-refractivity contribution >= 4 is 28.6 Å². The molecule has 3 N–H and O–H groups in total. The zero-order valence-corrected chi connectivity index (χ0v) is 18.6. The van der Waals surface area contributed by atoms with Crippen LogP contribution in [-0.2, 0) is 12.0 Å². The van der Waals surface area contributed by atoms with Crippen LogP contribution in [0.2, 0.25) is 5.02 Å². The number of carboxylic acids is 1. The van der Waals surface area contributed by atoms with Crippen molar-refractivity contribution in [3.8, 4) is 16.8 Å². The molecule has 0 bridgehead atoms. The van der Waals surface area contributed by atoms with Crippen molar-refractivity contribution < 1.29 is 19.7 Å². The lowest BCUT2D eigenvalue weighted by Gasteiger charge is -2.20. The molecular formula is C23H16ClN7O4. The minimum atomic E-state index is -1.66. The third-order valence-electron chi connectivity index (χ3n) is 6.24. The first-order valence-corrected chi connectivity index (χ1v) is 11.0. The molecule has 174 valence electrons. The van der Waals surface area contributed by atoms with Crippen molar-refractivity contribution in [2.45, 2.75) is 18.4 Å². The van der Waals surface area contributed by atoms with E-state index in [1.807, 2.05) is 6.07 Å². The van der Waals surface area contributed by atoms with Crippen LogP contribution in [0.4, 0.5) is 0 Å². The molecular weight excluding hydrogens is 474 g/mol. The highest BCUT2D eigenvalue weighted by atomic mass is 35.5. The van der Waals surface area contributed by atoms with Crippen LogP contribution in [0.5, 0.6) is 0 Å². The van der Waals surface area contributed by atoms with Crippen LogP contribution in [0.15, 0.2) is 55.0 Å². The summed E-state index contributed by atoms with van der Waals surface area (Å²) in [5.74, 6) is -0.886. The monoisotopic (exact) mass is 489 g/mol. The average molecular weight is 490 g/mol. The quantitative estimate of drug-likeness (QED) is 0.256. The maximum Gasteiger partial charge on any atom is 0.335 e. The molecule has 11 nitrogen and oxygen atoms in total. The first kappa shape index (κ1) is 21.2. The van der Waals surface area contributed by atoms with E-state index in [1.54, 1.807) is 24.3 Å². The number of carbonyl (C=O) groups is 1. The number of aromatic nitrogens is 7. The lowest BCUT2D eigenvalue weighted by atomic mass is 9.98. The van der Waals surface area contributed by atoms with Gasteiger partial charge in [-0.25, -0.2) is 9.78 Å². The molecule has 5 aromatic rings. The van der Waals surface area contributed by atoms with E-state index in [-0.39, 0.29) is 23.5 Å². The number of aliphatic hydroxyl groups is 1. The molecule has 1 atom stereocenters. The highest BCUT2D eigenvalue weighted by Gasteiger charge is 2.48. The van der Waals surface area contributed by atoms with Gasteiger partial charge in [0.1, 0.15) is 6.33 Å². The first-order chi connectivity index (χ1) is 16.8. The SMILES string of the molecule is O=C(O)c1ccc2nc(C3(O)CCc4cc(-c5cc(Cl)ccc5-n5cnnn5)c[n+]([O-])c43)[nH]c2c1. The summed E-state index contributed by atoms with van der Waals surface area (Å²) in [5, 5.41) is 45.9. The third-order valence-corrected chi connectivity index (χ3v) is 6.48. The highest BCUT2D eigenvalue weighted by Crippen LogP contribution is 2.41. The zero-order valence-electron chi connectivity index (χ0n) is 17.9. The Kier molecular flexibility index (Phi) is 4.59. The number of hydrogen-bond donors (Lipinski definition) is 3. The Bertz CT molecular complexity index is 1630. The van der Waals surface area contributed by atoms with Crippen molar-refractivity contribution in [3.63, 3.8) is 0 Å². The van der Waals surface area contributed by atoms with E-state index in [9.17, 15) is 20.2 Å². The maximum absolute atomic E-state index is 13.3. The van der Waals surface area contributed by atoms with Gasteiger partial charge in [0.2, 0.25) is 11.3 Å². The number of aromatic carboxylic acids is 1. The molecule has 2 aromatic carbocycles. The highest BCUT2D eigenvalue weighted by molar-refractivity contribution is 6.31. The van der Waals surface area contributed by atoms with Crippen molar-refractivity contribution in [2.24, 2.45) is 0 Å². The number of aromatic amines is 1. The number of carboxylic acid groups (broad SMARTS) is 1. The number of aryl methyl sites for hydroxylation is 1. The van der Waals surface area contributed by atoms with Gasteiger partial charge in [0.15, 0.2) is 12.0 Å². The first-order valence-electron chi connectivity index (χ1n) is 10.6. The topological polar surface area (TPSA) is 157 Å². The van der Waals surface area contributed by atoms with Crippen LogP contribution < -0.4 is 4.73 Å². The fourth-order valence-corrected chi connectivity index (χ4v) is 4.80. The predicted molar refractivity (Wildman–Crippen MR) is 123 cm³/mol. The van der Waals surface area contributed by atoms with Crippen molar-refractivity contribution in [3.05, 3.63) is 87.9 Å². The number of pyridine rings is 1. The number of imidazole rings is 1. The number of benzene rings is 2. The molecule has 1 aliphatic rings. The molecule has 0 fully saturated rings. The molecule has 0 saturated carbocycles. The maximum atomic E-state index is 13.3. The predicted octanol–water partition coefficient (Wildman–Crippen LogP) is 2.37. The molecule has 12 heteroatoms. The molecule has 35 heavy (non-hydrogen) atoms. The van der Waals surface area contributed by atoms with E-state index in [1.165, 1.54) is 29.3 Å². The van der Waals surface area contributed by atoms with E-state index < -0.39 is 11.6 Å². The molecule has 0 saturated heterocycles. The number of hydrogen-bond acceptors (Lipinski definition) is 7. The second-order valence-electron chi connectivity index (χ2n) is 8.33. The minimum Gasteiger partial charge on any atom is -0.618 e. The molecule has 3 aromatic heterocycles. The van der Waals surface area contributed by atoms with Gasteiger partial charge in [-0.15, -0.1) is 5.10 Å². The summed E-state index contributed by atoms with van der Waals surface area (Å²) in [6.45, 7) is 0. The van der Waals surface area contributed by atoms with Crippen LogP contribution >= 0.6 is 11.6 Å². The van der Waals surface area contributed by atoms with E-state index in [4.69, 9.17) is 11.6 Å². The molecule has 0 amide bonds. The normalized spacial score (nSPS) is 17.1. The molecule has 6 rings (SSSR count). The second kappa shape index (κ2) is 7.58. The van der Waals surface area contributed by atoms with Crippen molar-refractivity contribution in [1.29, 1.82) is 0 Å². The molecule has 1 aliphatic carbocycles. The summed E-state index contributed by atoms with van der Waals surface area (Å²) in [5.41, 5.74) is 2.09.